The fourth-order valence-corrected chi connectivity index (χ4v) is 1.81. The summed E-state index contributed by atoms with van der Waals surface area (Å²) < 4.78 is 20.2. The van der Waals surface area contributed by atoms with Crippen LogP contribution in [0.25, 0.3) is 0 Å². The molecule has 0 amide bonds. The Hall–Kier alpha value is -1.43. The number of aromatic amines is 1. The smallest absolute Gasteiger partial charge is 0.322 e. The average Bonchev–Trinajstić information content (AvgIpc) is 2.62. The normalized spacial score (nSPS) is 29.5. The molecule has 2 unspecified atom stereocenters. The highest BCUT2D eigenvalue weighted by atomic mass is 19.2. The predicted molar refractivity (Wildman–Crippen MR) is 54.8 cm³/mol. The molecule has 0 radical (unpaired) electrons. The summed E-state index contributed by atoms with van der Waals surface area (Å²) in [6, 6.07) is 1.22. The average molecular weight is 228 g/mol. The van der Waals surface area contributed by atoms with Crippen molar-refractivity contribution in [2.45, 2.75) is 38.3 Å². The van der Waals surface area contributed by atoms with E-state index in [-0.39, 0.29) is 12.8 Å². The van der Waals surface area contributed by atoms with E-state index in [4.69, 9.17) is 4.74 Å². The first-order valence-electron chi connectivity index (χ1n) is 5.22. The van der Waals surface area contributed by atoms with Crippen LogP contribution in [0.5, 0.6) is 0 Å². The molecule has 0 aromatic carbocycles. The molecule has 6 heteroatoms. The summed E-state index contributed by atoms with van der Waals surface area (Å²) in [4.78, 5) is 24.4. The molecular formula is C10H13FN2O3. The van der Waals surface area contributed by atoms with Crippen molar-refractivity contribution in [1.82, 2.24) is 9.55 Å². The Morgan fingerprint density at radius 2 is 2.44 bits per heavy atom. The molecule has 1 saturated heterocycles. The third kappa shape index (κ3) is 1.92. The van der Waals surface area contributed by atoms with Gasteiger partial charge in [-0.25, -0.2) is 9.18 Å². The summed E-state index contributed by atoms with van der Waals surface area (Å²) in [6.07, 6.45) is 1.64. The van der Waals surface area contributed by atoms with Gasteiger partial charge in [0.2, 0.25) is 5.85 Å². The lowest BCUT2D eigenvalue weighted by Gasteiger charge is -2.19. The molecule has 16 heavy (non-hydrogen) atoms. The number of hydrogen-bond acceptors (Lipinski definition) is 3. The van der Waals surface area contributed by atoms with Crippen LogP contribution in [-0.2, 0) is 4.74 Å². The predicted octanol–water partition coefficient (Wildman–Crippen LogP) is 0.921. The molecule has 0 saturated carbocycles. The van der Waals surface area contributed by atoms with E-state index in [0.717, 1.165) is 0 Å². The molecule has 0 bridgehead atoms. The minimum absolute atomic E-state index is 0.252. The Kier molecular flexibility index (Phi) is 2.67. The van der Waals surface area contributed by atoms with Crippen LogP contribution in [0.15, 0.2) is 21.9 Å². The largest absolute Gasteiger partial charge is 0.330 e. The van der Waals surface area contributed by atoms with Gasteiger partial charge < -0.3 is 4.74 Å². The molecule has 1 aromatic rings. The van der Waals surface area contributed by atoms with Gasteiger partial charge in [0, 0.05) is 25.1 Å². The molecule has 1 aromatic heterocycles. The number of alkyl halides is 1. The van der Waals surface area contributed by atoms with Crippen molar-refractivity contribution >= 4 is 0 Å². The second-order valence-electron chi connectivity index (χ2n) is 3.87. The molecule has 2 rings (SSSR count). The van der Waals surface area contributed by atoms with E-state index in [2.05, 4.69) is 4.98 Å². The van der Waals surface area contributed by atoms with E-state index in [1.54, 1.807) is 6.92 Å². The van der Waals surface area contributed by atoms with E-state index in [1.807, 2.05) is 0 Å². The van der Waals surface area contributed by atoms with Crippen LogP contribution >= 0.6 is 0 Å². The van der Waals surface area contributed by atoms with Crippen molar-refractivity contribution < 1.29 is 9.13 Å². The SMILES string of the molecule is CCC1(F)CCC(n2ccc(=O)[nH]c2=O)O1. The Balaban J connectivity index is 2.27. The number of H-pyrrole nitrogens is 1. The van der Waals surface area contributed by atoms with Crippen molar-refractivity contribution in [2.24, 2.45) is 0 Å². The van der Waals surface area contributed by atoms with E-state index in [1.165, 1.54) is 16.8 Å². The second kappa shape index (κ2) is 3.86. The van der Waals surface area contributed by atoms with Crippen molar-refractivity contribution in [1.29, 1.82) is 0 Å². The fraction of sp³-hybridized carbons (Fsp3) is 0.600. The second-order valence-corrected chi connectivity index (χ2v) is 3.87. The Bertz CT molecular complexity index is 495. The molecule has 5 nitrogen and oxygen atoms in total. The summed E-state index contributed by atoms with van der Waals surface area (Å²) in [5, 5.41) is 0. The Labute approximate surface area is 90.9 Å². The van der Waals surface area contributed by atoms with Crippen LogP contribution in [0.2, 0.25) is 0 Å². The highest BCUT2D eigenvalue weighted by Gasteiger charge is 2.39. The summed E-state index contributed by atoms with van der Waals surface area (Å²) in [6.45, 7) is 1.69. The van der Waals surface area contributed by atoms with Crippen LogP contribution < -0.4 is 11.2 Å². The van der Waals surface area contributed by atoms with Gasteiger partial charge >= 0.3 is 5.69 Å². The molecule has 1 aliphatic heterocycles. The van der Waals surface area contributed by atoms with Crippen molar-refractivity contribution in [3.05, 3.63) is 33.1 Å². The van der Waals surface area contributed by atoms with E-state index >= 15 is 0 Å². The number of ether oxygens (including phenoxy) is 1. The zero-order chi connectivity index (χ0) is 11.8. The Morgan fingerprint density at radius 1 is 1.69 bits per heavy atom. The van der Waals surface area contributed by atoms with Gasteiger partial charge in [-0.3, -0.25) is 14.3 Å². The van der Waals surface area contributed by atoms with Gasteiger partial charge in [0.25, 0.3) is 5.56 Å². The van der Waals surface area contributed by atoms with Crippen molar-refractivity contribution in [2.75, 3.05) is 0 Å². The molecule has 1 N–H and O–H groups in total. The fourth-order valence-electron chi connectivity index (χ4n) is 1.81. The number of rotatable bonds is 2. The first kappa shape index (κ1) is 11.1. The molecule has 2 atom stereocenters. The van der Waals surface area contributed by atoms with Gasteiger partial charge in [-0.05, 0) is 6.42 Å². The highest BCUT2D eigenvalue weighted by molar-refractivity contribution is 4.87. The standard InChI is InChI=1S/C10H13FN2O3/c1-2-10(11)5-3-8(16-10)13-6-4-7(14)12-9(13)15/h4,6,8H,2-3,5H2,1H3,(H,12,14,15). The number of nitrogens with zero attached hydrogens (tertiary/aromatic N) is 1. The maximum absolute atomic E-state index is 13.8. The summed E-state index contributed by atoms with van der Waals surface area (Å²) in [5.74, 6) is -1.65. The molecule has 88 valence electrons. The minimum Gasteiger partial charge on any atom is -0.322 e. The number of nitrogens with one attached hydrogen (secondary N) is 1. The van der Waals surface area contributed by atoms with Crippen LogP contribution in [0.3, 0.4) is 0 Å². The minimum atomic E-state index is -1.65. The number of aromatic nitrogens is 2. The van der Waals surface area contributed by atoms with Crippen LogP contribution in [0.4, 0.5) is 4.39 Å². The maximum Gasteiger partial charge on any atom is 0.330 e. The van der Waals surface area contributed by atoms with Crippen LogP contribution in [0, 0.1) is 0 Å². The molecule has 0 aliphatic carbocycles. The lowest BCUT2D eigenvalue weighted by atomic mass is 10.1. The number of hydrogen-bond donors (Lipinski definition) is 1. The number of halogens is 1. The molecule has 0 spiro atoms. The summed E-state index contributed by atoms with van der Waals surface area (Å²) in [7, 11) is 0. The molecule has 2 heterocycles. The van der Waals surface area contributed by atoms with E-state index in [9.17, 15) is 14.0 Å². The van der Waals surface area contributed by atoms with E-state index in [0.29, 0.717) is 6.42 Å². The van der Waals surface area contributed by atoms with Gasteiger partial charge in [-0.2, -0.15) is 0 Å². The summed E-state index contributed by atoms with van der Waals surface area (Å²) >= 11 is 0. The summed E-state index contributed by atoms with van der Waals surface area (Å²) in [5.41, 5.74) is -1.04. The lowest BCUT2D eigenvalue weighted by Crippen LogP contribution is -2.32. The first-order valence-corrected chi connectivity index (χ1v) is 5.22. The van der Waals surface area contributed by atoms with Gasteiger partial charge in [0.05, 0.1) is 0 Å². The van der Waals surface area contributed by atoms with Crippen LogP contribution in [-0.4, -0.2) is 15.4 Å². The lowest BCUT2D eigenvalue weighted by molar-refractivity contribution is -0.157. The van der Waals surface area contributed by atoms with Crippen molar-refractivity contribution in [3.8, 4) is 0 Å². The van der Waals surface area contributed by atoms with Crippen molar-refractivity contribution in [3.63, 3.8) is 0 Å². The Morgan fingerprint density at radius 3 is 3.00 bits per heavy atom. The molecule has 1 fully saturated rings. The topological polar surface area (TPSA) is 64.1 Å². The quantitative estimate of drug-likeness (QED) is 0.818. The first-order chi connectivity index (χ1) is 7.54. The maximum atomic E-state index is 13.8. The third-order valence-electron chi connectivity index (χ3n) is 2.80. The molecule has 1 aliphatic rings. The van der Waals surface area contributed by atoms with Crippen LogP contribution in [0.1, 0.15) is 32.4 Å². The van der Waals surface area contributed by atoms with Gasteiger partial charge in [0.1, 0.15) is 6.23 Å². The highest BCUT2D eigenvalue weighted by Crippen LogP contribution is 2.38. The monoisotopic (exact) mass is 228 g/mol. The zero-order valence-electron chi connectivity index (χ0n) is 8.90. The third-order valence-corrected chi connectivity index (χ3v) is 2.80. The van der Waals surface area contributed by atoms with Gasteiger partial charge in [0.15, 0.2) is 0 Å². The van der Waals surface area contributed by atoms with Gasteiger partial charge in [-0.15, -0.1) is 0 Å². The zero-order valence-corrected chi connectivity index (χ0v) is 8.90. The molecular weight excluding hydrogens is 215 g/mol. The van der Waals surface area contributed by atoms with E-state index < -0.39 is 23.3 Å². The van der Waals surface area contributed by atoms with Gasteiger partial charge in [-0.1, -0.05) is 6.92 Å².